The first-order valence-corrected chi connectivity index (χ1v) is 7.14. The minimum absolute atomic E-state index is 0.352. The zero-order valence-electron chi connectivity index (χ0n) is 13.4. The predicted octanol–water partition coefficient (Wildman–Crippen LogP) is 2.83. The molecule has 20 heavy (non-hydrogen) atoms. The smallest absolute Gasteiger partial charge is 0.356 e. The van der Waals surface area contributed by atoms with Gasteiger partial charge in [0.15, 0.2) is 0 Å². The summed E-state index contributed by atoms with van der Waals surface area (Å²) >= 11 is 0. The molecule has 0 bridgehead atoms. The summed E-state index contributed by atoms with van der Waals surface area (Å²) < 4.78 is 4.64. The lowest BCUT2D eigenvalue weighted by Gasteiger charge is -1.97. The number of hydrogen-bond acceptors (Lipinski definition) is 3. The highest BCUT2D eigenvalue weighted by Gasteiger charge is 2.06. The SMILES string of the molecule is CC.CC.COC(=O)c1ccc2c(n1)=CCC(C)=CC=2. The van der Waals surface area contributed by atoms with Gasteiger partial charge in [0.1, 0.15) is 5.69 Å². The molecule has 0 aromatic carbocycles. The first-order chi connectivity index (χ1) is 9.70. The molecule has 0 saturated heterocycles. The molecule has 1 heterocycles. The minimum Gasteiger partial charge on any atom is -0.464 e. The maximum absolute atomic E-state index is 11.3. The third kappa shape index (κ3) is 5.00. The van der Waals surface area contributed by atoms with Crippen molar-refractivity contribution in [2.45, 2.75) is 41.0 Å². The van der Waals surface area contributed by atoms with E-state index in [2.05, 4.69) is 22.7 Å². The van der Waals surface area contributed by atoms with E-state index in [-0.39, 0.29) is 0 Å². The van der Waals surface area contributed by atoms with E-state index in [9.17, 15) is 4.79 Å². The Kier molecular flexibility index (Phi) is 9.01. The molecule has 0 radical (unpaired) electrons. The topological polar surface area (TPSA) is 39.2 Å². The van der Waals surface area contributed by atoms with E-state index in [1.54, 1.807) is 6.07 Å². The van der Waals surface area contributed by atoms with Crippen LogP contribution in [0.5, 0.6) is 0 Å². The van der Waals surface area contributed by atoms with Crippen LogP contribution in [0.25, 0.3) is 12.2 Å². The largest absolute Gasteiger partial charge is 0.464 e. The normalized spacial score (nSPS) is 11.6. The lowest BCUT2D eigenvalue weighted by atomic mass is 10.2. The first-order valence-electron chi connectivity index (χ1n) is 7.14. The molecule has 0 atom stereocenters. The summed E-state index contributed by atoms with van der Waals surface area (Å²) in [6, 6.07) is 3.57. The highest BCUT2D eigenvalue weighted by atomic mass is 16.5. The number of aromatic nitrogens is 1. The molecule has 0 aliphatic heterocycles. The van der Waals surface area contributed by atoms with Crippen LogP contribution in [0.4, 0.5) is 0 Å². The number of hydrogen-bond donors (Lipinski definition) is 0. The molecule has 0 N–H and O–H groups in total. The summed E-state index contributed by atoms with van der Waals surface area (Å²) in [5.41, 5.74) is 1.63. The van der Waals surface area contributed by atoms with Crippen molar-refractivity contribution in [1.82, 2.24) is 4.98 Å². The Hall–Kier alpha value is -1.90. The fourth-order valence-corrected chi connectivity index (χ4v) is 1.57. The van der Waals surface area contributed by atoms with E-state index in [0.29, 0.717) is 5.69 Å². The van der Waals surface area contributed by atoms with Gasteiger partial charge in [-0.3, -0.25) is 0 Å². The fourth-order valence-electron chi connectivity index (χ4n) is 1.57. The molecule has 0 saturated carbocycles. The lowest BCUT2D eigenvalue weighted by molar-refractivity contribution is 0.0593. The van der Waals surface area contributed by atoms with Gasteiger partial charge in [0.05, 0.1) is 12.5 Å². The summed E-state index contributed by atoms with van der Waals surface area (Å²) in [4.78, 5) is 15.6. The fraction of sp³-hybridized carbons (Fsp3) is 0.412. The van der Waals surface area contributed by atoms with Crippen LogP contribution in [0, 0.1) is 0 Å². The second kappa shape index (κ2) is 9.96. The molecule has 1 aliphatic carbocycles. The Morgan fingerprint density at radius 1 is 1.15 bits per heavy atom. The van der Waals surface area contributed by atoms with Crippen LogP contribution in [0.2, 0.25) is 0 Å². The van der Waals surface area contributed by atoms with Gasteiger partial charge in [-0.1, -0.05) is 57.6 Å². The Morgan fingerprint density at radius 2 is 1.80 bits per heavy atom. The van der Waals surface area contributed by atoms with Gasteiger partial charge in [-0.15, -0.1) is 0 Å². The molecule has 110 valence electrons. The van der Waals surface area contributed by atoms with Crippen molar-refractivity contribution >= 4 is 18.1 Å². The number of carbonyl (C=O) groups is 1. The molecule has 0 amide bonds. The maximum atomic E-state index is 11.3. The number of fused-ring (bicyclic) bond motifs is 1. The predicted molar refractivity (Wildman–Crippen MR) is 84.8 cm³/mol. The Morgan fingerprint density at radius 3 is 2.40 bits per heavy atom. The van der Waals surface area contributed by atoms with Crippen molar-refractivity contribution in [2.75, 3.05) is 7.11 Å². The van der Waals surface area contributed by atoms with E-state index in [0.717, 1.165) is 17.0 Å². The Balaban J connectivity index is 0.000000829. The van der Waals surface area contributed by atoms with Gasteiger partial charge >= 0.3 is 5.97 Å². The lowest BCUT2D eigenvalue weighted by Crippen LogP contribution is -2.29. The minimum atomic E-state index is -0.398. The van der Waals surface area contributed by atoms with Crippen molar-refractivity contribution in [3.8, 4) is 0 Å². The molecular formula is C17H25NO2. The molecule has 2 rings (SSSR count). The average molecular weight is 275 g/mol. The molecule has 3 heteroatoms. The van der Waals surface area contributed by atoms with Crippen molar-refractivity contribution in [3.05, 3.63) is 40.0 Å². The molecular weight excluding hydrogens is 250 g/mol. The van der Waals surface area contributed by atoms with Crippen molar-refractivity contribution < 1.29 is 9.53 Å². The van der Waals surface area contributed by atoms with Crippen LogP contribution >= 0.6 is 0 Å². The summed E-state index contributed by atoms with van der Waals surface area (Å²) in [6.07, 6.45) is 6.97. The third-order valence-electron chi connectivity index (χ3n) is 2.52. The number of esters is 1. The number of allylic oxidation sites excluding steroid dienone is 2. The number of nitrogens with zero attached hydrogens (tertiary/aromatic N) is 1. The number of ether oxygens (including phenoxy) is 1. The summed E-state index contributed by atoms with van der Waals surface area (Å²) in [5.74, 6) is -0.398. The molecule has 0 spiro atoms. The third-order valence-corrected chi connectivity index (χ3v) is 2.52. The van der Waals surface area contributed by atoms with Crippen LogP contribution in [-0.2, 0) is 4.74 Å². The average Bonchev–Trinajstić information content (AvgIpc) is 2.72. The maximum Gasteiger partial charge on any atom is 0.356 e. The van der Waals surface area contributed by atoms with Crippen molar-refractivity contribution in [1.29, 1.82) is 0 Å². The van der Waals surface area contributed by atoms with Gasteiger partial charge in [-0.2, -0.15) is 0 Å². The number of rotatable bonds is 1. The summed E-state index contributed by atoms with van der Waals surface area (Å²) in [5, 5.41) is 1.88. The second-order valence-electron chi connectivity index (χ2n) is 3.75. The highest BCUT2D eigenvalue weighted by Crippen LogP contribution is 2.02. The van der Waals surface area contributed by atoms with E-state index >= 15 is 0 Å². The van der Waals surface area contributed by atoms with Crippen LogP contribution in [0.15, 0.2) is 23.8 Å². The zero-order valence-corrected chi connectivity index (χ0v) is 13.4. The quantitative estimate of drug-likeness (QED) is 0.740. The molecule has 0 unspecified atom stereocenters. The number of carbonyl (C=O) groups excluding carboxylic acids is 1. The van der Waals surface area contributed by atoms with E-state index in [1.807, 2.05) is 45.9 Å². The Labute approximate surface area is 121 Å². The van der Waals surface area contributed by atoms with Gasteiger partial charge in [-0.05, 0) is 24.6 Å². The van der Waals surface area contributed by atoms with Gasteiger partial charge in [0, 0.05) is 0 Å². The summed E-state index contributed by atoms with van der Waals surface area (Å²) in [7, 11) is 1.36. The molecule has 1 aliphatic rings. The van der Waals surface area contributed by atoms with Crippen LogP contribution < -0.4 is 10.6 Å². The second-order valence-corrected chi connectivity index (χ2v) is 3.75. The first kappa shape index (κ1) is 18.1. The molecule has 1 aromatic rings. The number of pyridine rings is 1. The summed E-state index contributed by atoms with van der Waals surface area (Å²) in [6.45, 7) is 10.1. The Bertz CT molecular complexity index is 571. The standard InChI is InChI=1S/C13H13NO2.2C2H6/c1-9-3-5-10-6-8-12(13(15)16-2)14-11(10)7-4-9;2*1-2/h3,5-8H,4H2,1-2H3;2*1-2H3. The number of methoxy groups -OCH3 is 1. The van der Waals surface area contributed by atoms with Crippen LogP contribution in [0.3, 0.4) is 0 Å². The van der Waals surface area contributed by atoms with Crippen LogP contribution in [-0.4, -0.2) is 18.1 Å². The molecule has 0 fully saturated rings. The molecule has 3 nitrogen and oxygen atoms in total. The van der Waals surface area contributed by atoms with Crippen molar-refractivity contribution in [2.24, 2.45) is 0 Å². The molecule has 1 aromatic heterocycles. The van der Waals surface area contributed by atoms with Gasteiger partial charge < -0.3 is 4.74 Å². The zero-order chi connectivity index (χ0) is 15.5. The highest BCUT2D eigenvalue weighted by molar-refractivity contribution is 5.87. The van der Waals surface area contributed by atoms with Crippen molar-refractivity contribution in [3.63, 3.8) is 0 Å². The van der Waals surface area contributed by atoms with E-state index < -0.39 is 5.97 Å². The van der Waals surface area contributed by atoms with Gasteiger partial charge in [0.2, 0.25) is 0 Å². The van der Waals surface area contributed by atoms with E-state index in [4.69, 9.17) is 0 Å². The van der Waals surface area contributed by atoms with E-state index in [1.165, 1.54) is 12.7 Å². The van der Waals surface area contributed by atoms with Gasteiger partial charge in [-0.25, -0.2) is 9.78 Å². The monoisotopic (exact) mass is 275 g/mol. The van der Waals surface area contributed by atoms with Gasteiger partial charge in [0.25, 0.3) is 0 Å². The van der Waals surface area contributed by atoms with Crippen LogP contribution in [0.1, 0.15) is 51.5 Å².